The molecule has 0 fully saturated rings. The van der Waals surface area contributed by atoms with Crippen LogP contribution in [0.3, 0.4) is 0 Å². The average Bonchev–Trinajstić information content (AvgIpc) is 2.99. The lowest BCUT2D eigenvalue weighted by Gasteiger charge is -2.35. The smallest absolute Gasteiger partial charge is 0.264 e. The van der Waals surface area contributed by atoms with Gasteiger partial charge in [0.05, 0.1) is 20.6 Å². The van der Waals surface area contributed by atoms with Gasteiger partial charge >= 0.3 is 0 Å². The fraction of sp³-hybridized carbons (Fsp3) is 0.257. The van der Waals surface area contributed by atoms with Crippen LogP contribution in [0.5, 0.6) is 0 Å². The summed E-state index contributed by atoms with van der Waals surface area (Å²) < 4.78 is 42.8. The van der Waals surface area contributed by atoms with Gasteiger partial charge in [0.2, 0.25) is 11.8 Å². The molecule has 2 amide bonds. The molecule has 0 unspecified atom stereocenters. The van der Waals surface area contributed by atoms with Crippen molar-refractivity contribution in [2.45, 2.75) is 57.1 Å². The van der Waals surface area contributed by atoms with E-state index in [0.29, 0.717) is 10.6 Å². The second kappa shape index (κ2) is 14.7. The molecular formula is C35H36Cl2FN3O4S. The summed E-state index contributed by atoms with van der Waals surface area (Å²) in [6.45, 7) is 6.66. The fourth-order valence-corrected chi connectivity index (χ4v) is 6.55. The molecule has 0 bridgehead atoms. The van der Waals surface area contributed by atoms with E-state index in [4.69, 9.17) is 23.2 Å². The topological polar surface area (TPSA) is 86.8 Å². The first-order valence-corrected chi connectivity index (χ1v) is 16.8. The van der Waals surface area contributed by atoms with Gasteiger partial charge in [-0.05, 0) is 87.4 Å². The van der Waals surface area contributed by atoms with Crippen molar-refractivity contribution in [3.63, 3.8) is 0 Å². The fourth-order valence-electron chi connectivity index (χ4n) is 4.82. The normalized spacial score (nSPS) is 12.3. The molecule has 4 aromatic carbocycles. The maximum Gasteiger partial charge on any atom is 0.264 e. The van der Waals surface area contributed by atoms with Gasteiger partial charge in [-0.3, -0.25) is 13.9 Å². The molecule has 4 rings (SSSR count). The van der Waals surface area contributed by atoms with Crippen molar-refractivity contribution >= 4 is 50.7 Å². The number of aryl methyl sites for hydroxylation is 1. The van der Waals surface area contributed by atoms with Crippen LogP contribution in [0.1, 0.15) is 37.5 Å². The van der Waals surface area contributed by atoms with Crippen molar-refractivity contribution in [3.8, 4) is 0 Å². The Balaban J connectivity index is 1.83. The zero-order valence-corrected chi connectivity index (χ0v) is 28.3. The van der Waals surface area contributed by atoms with Crippen LogP contribution >= 0.6 is 23.2 Å². The molecule has 46 heavy (non-hydrogen) atoms. The summed E-state index contributed by atoms with van der Waals surface area (Å²) >= 11 is 12.5. The van der Waals surface area contributed by atoms with Crippen LogP contribution in [0.4, 0.5) is 10.1 Å². The molecule has 0 spiro atoms. The van der Waals surface area contributed by atoms with Crippen molar-refractivity contribution < 1.29 is 22.4 Å². The van der Waals surface area contributed by atoms with Crippen molar-refractivity contribution in [2.24, 2.45) is 0 Å². The van der Waals surface area contributed by atoms with Crippen LogP contribution in [-0.4, -0.2) is 43.3 Å². The van der Waals surface area contributed by atoms with Crippen LogP contribution in [-0.2, 0) is 32.6 Å². The third kappa shape index (κ3) is 9.09. The third-order valence-electron chi connectivity index (χ3n) is 7.11. The molecule has 0 saturated carbocycles. The molecule has 1 N–H and O–H groups in total. The number of hydrogen-bond acceptors (Lipinski definition) is 4. The van der Waals surface area contributed by atoms with E-state index in [0.717, 1.165) is 39.7 Å². The molecule has 4 aromatic rings. The lowest BCUT2D eigenvalue weighted by Crippen LogP contribution is -2.56. The zero-order valence-electron chi connectivity index (χ0n) is 26.0. The van der Waals surface area contributed by atoms with Crippen LogP contribution in [0.25, 0.3) is 0 Å². The van der Waals surface area contributed by atoms with Crippen molar-refractivity contribution in [1.82, 2.24) is 10.2 Å². The van der Waals surface area contributed by atoms with Gasteiger partial charge in [-0.15, -0.1) is 0 Å². The quantitative estimate of drug-likeness (QED) is 0.181. The van der Waals surface area contributed by atoms with Crippen LogP contribution in [0.2, 0.25) is 10.0 Å². The molecule has 0 aliphatic carbocycles. The van der Waals surface area contributed by atoms with E-state index in [9.17, 15) is 22.4 Å². The van der Waals surface area contributed by atoms with E-state index in [1.165, 1.54) is 4.90 Å². The summed E-state index contributed by atoms with van der Waals surface area (Å²) in [7, 11) is -4.35. The number of sulfonamides is 1. The van der Waals surface area contributed by atoms with Gasteiger partial charge in [-0.2, -0.15) is 0 Å². The number of nitrogens with zero attached hydrogens (tertiary/aromatic N) is 2. The minimum atomic E-state index is -4.35. The van der Waals surface area contributed by atoms with E-state index in [1.54, 1.807) is 42.5 Å². The Morgan fingerprint density at radius 2 is 1.48 bits per heavy atom. The van der Waals surface area contributed by atoms with Crippen molar-refractivity contribution in [1.29, 1.82) is 0 Å². The van der Waals surface area contributed by atoms with Crippen molar-refractivity contribution in [2.75, 3.05) is 10.8 Å². The van der Waals surface area contributed by atoms with Crippen molar-refractivity contribution in [3.05, 3.63) is 130 Å². The Hall–Kier alpha value is -3.92. The van der Waals surface area contributed by atoms with Gasteiger partial charge in [0.15, 0.2) is 0 Å². The minimum absolute atomic E-state index is 0.0664. The summed E-state index contributed by atoms with van der Waals surface area (Å²) in [5.41, 5.74) is 1.89. The number of nitrogens with one attached hydrogen (secondary N) is 1. The highest BCUT2D eigenvalue weighted by Gasteiger charge is 2.35. The Kier molecular flexibility index (Phi) is 11.1. The summed E-state index contributed by atoms with van der Waals surface area (Å²) in [6, 6.07) is 24.2. The molecule has 0 heterocycles. The number of hydrogen-bond donors (Lipinski definition) is 1. The number of halogens is 3. The number of amides is 2. The van der Waals surface area contributed by atoms with Crippen LogP contribution < -0.4 is 9.62 Å². The number of benzene rings is 4. The van der Waals surface area contributed by atoms with E-state index < -0.39 is 45.8 Å². The predicted molar refractivity (Wildman–Crippen MR) is 181 cm³/mol. The monoisotopic (exact) mass is 683 g/mol. The Morgan fingerprint density at radius 1 is 0.848 bits per heavy atom. The zero-order chi connectivity index (χ0) is 33.6. The molecule has 242 valence electrons. The standard InChI is InChI=1S/C35H36Cl2FN3O4S/c1-24-10-15-28(16-11-24)41(46(44,45)29-17-13-27(38)14-18-29)23-33(42)40(22-26-12-19-30(36)31(37)20-26)32(34(43)39-35(2,3)4)21-25-8-6-5-7-9-25/h5-20,32H,21-23H2,1-4H3,(H,39,43)/t32-/m1/s1. The lowest BCUT2D eigenvalue weighted by atomic mass is 10.0. The van der Waals surface area contributed by atoms with Gasteiger partial charge in [0.25, 0.3) is 10.0 Å². The molecule has 1 atom stereocenters. The number of rotatable bonds is 11. The van der Waals surface area contributed by atoms with E-state index in [2.05, 4.69) is 5.32 Å². The Bertz CT molecular complexity index is 1780. The van der Waals surface area contributed by atoms with Crippen LogP contribution in [0, 0.1) is 12.7 Å². The first kappa shape index (κ1) is 34.9. The summed E-state index contributed by atoms with van der Waals surface area (Å²) in [6.07, 6.45) is 0.158. The van der Waals surface area contributed by atoms with Gasteiger partial charge in [-0.25, -0.2) is 12.8 Å². The average molecular weight is 685 g/mol. The highest BCUT2D eigenvalue weighted by Crippen LogP contribution is 2.27. The maximum atomic E-state index is 14.5. The molecule has 0 aliphatic rings. The molecular weight excluding hydrogens is 648 g/mol. The molecule has 0 aliphatic heterocycles. The number of carbonyl (C=O) groups is 2. The third-order valence-corrected chi connectivity index (χ3v) is 9.64. The second-order valence-electron chi connectivity index (χ2n) is 12.0. The van der Waals surface area contributed by atoms with Gasteiger partial charge in [0, 0.05) is 18.5 Å². The molecule has 0 radical (unpaired) electrons. The highest BCUT2D eigenvalue weighted by atomic mass is 35.5. The summed E-state index contributed by atoms with van der Waals surface area (Å²) in [5.74, 6) is -1.64. The first-order chi connectivity index (χ1) is 21.6. The van der Waals surface area contributed by atoms with Gasteiger partial charge in [0.1, 0.15) is 18.4 Å². The van der Waals surface area contributed by atoms with E-state index >= 15 is 0 Å². The largest absolute Gasteiger partial charge is 0.350 e. The molecule has 11 heteroatoms. The second-order valence-corrected chi connectivity index (χ2v) is 14.7. The number of anilines is 1. The van der Waals surface area contributed by atoms with Gasteiger partial charge < -0.3 is 10.2 Å². The summed E-state index contributed by atoms with van der Waals surface area (Å²) in [5, 5.41) is 3.58. The van der Waals surface area contributed by atoms with E-state index in [1.807, 2.05) is 58.0 Å². The first-order valence-electron chi connectivity index (χ1n) is 14.6. The predicted octanol–water partition coefficient (Wildman–Crippen LogP) is 7.19. The summed E-state index contributed by atoms with van der Waals surface area (Å²) in [4.78, 5) is 29.6. The Morgan fingerprint density at radius 3 is 2.07 bits per heavy atom. The molecule has 7 nitrogen and oxygen atoms in total. The lowest BCUT2D eigenvalue weighted by molar-refractivity contribution is -0.140. The van der Waals surface area contributed by atoms with Crippen LogP contribution in [0.15, 0.2) is 102 Å². The molecule has 0 aromatic heterocycles. The Labute approximate surface area is 280 Å². The SMILES string of the molecule is Cc1ccc(N(CC(=O)N(Cc2ccc(Cl)c(Cl)c2)[C@H](Cc2ccccc2)C(=O)NC(C)(C)C)S(=O)(=O)c2ccc(F)cc2)cc1. The maximum absolute atomic E-state index is 14.5. The molecule has 0 saturated heterocycles. The van der Waals surface area contributed by atoms with Gasteiger partial charge in [-0.1, -0.05) is 77.3 Å². The van der Waals surface area contributed by atoms with E-state index in [-0.39, 0.29) is 28.6 Å². The highest BCUT2D eigenvalue weighted by molar-refractivity contribution is 7.92. The number of carbonyl (C=O) groups excluding carboxylic acids is 2. The minimum Gasteiger partial charge on any atom is -0.350 e.